The van der Waals surface area contributed by atoms with Gasteiger partial charge in [0.15, 0.2) is 5.78 Å². The number of carbonyl (C=O) groups excluding carboxylic acids is 1. The van der Waals surface area contributed by atoms with Crippen molar-refractivity contribution in [3.05, 3.63) is 29.0 Å². The summed E-state index contributed by atoms with van der Waals surface area (Å²) in [6.07, 6.45) is 6.26. The van der Waals surface area contributed by atoms with Crippen LogP contribution in [0.25, 0.3) is 11.0 Å². The summed E-state index contributed by atoms with van der Waals surface area (Å²) in [5, 5.41) is 4.05. The van der Waals surface area contributed by atoms with Crippen molar-refractivity contribution in [1.82, 2.24) is 14.9 Å². The Balaban J connectivity index is 1.89. The summed E-state index contributed by atoms with van der Waals surface area (Å²) in [6.45, 7) is 4.96. The van der Waals surface area contributed by atoms with Crippen molar-refractivity contribution in [2.24, 2.45) is 11.8 Å². The zero-order valence-electron chi connectivity index (χ0n) is 16.6. The molecular formula is C21H29ClN4O. The van der Waals surface area contributed by atoms with Gasteiger partial charge in [0, 0.05) is 24.7 Å². The summed E-state index contributed by atoms with van der Waals surface area (Å²) >= 11 is 6.14. The first kappa shape index (κ1) is 20.0. The zero-order chi connectivity index (χ0) is 19.6. The van der Waals surface area contributed by atoms with E-state index in [1.807, 2.05) is 19.9 Å². The summed E-state index contributed by atoms with van der Waals surface area (Å²) < 4.78 is 0. The summed E-state index contributed by atoms with van der Waals surface area (Å²) in [7, 11) is 4.26. The van der Waals surface area contributed by atoms with Crippen LogP contribution in [0.5, 0.6) is 0 Å². The molecule has 2 aromatic rings. The maximum Gasteiger partial charge on any atom is 0.169 e. The van der Waals surface area contributed by atoms with Gasteiger partial charge >= 0.3 is 0 Å². The number of anilines is 1. The van der Waals surface area contributed by atoms with Crippen molar-refractivity contribution in [3.8, 4) is 0 Å². The molecule has 2 aromatic heterocycles. The van der Waals surface area contributed by atoms with Crippen LogP contribution in [0.15, 0.2) is 18.3 Å². The van der Waals surface area contributed by atoms with Gasteiger partial charge in [-0.15, -0.1) is 0 Å². The van der Waals surface area contributed by atoms with E-state index in [0.717, 1.165) is 36.5 Å². The van der Waals surface area contributed by atoms with Gasteiger partial charge in [0.2, 0.25) is 0 Å². The first-order valence-electron chi connectivity index (χ1n) is 9.76. The third kappa shape index (κ3) is 4.77. The van der Waals surface area contributed by atoms with Crippen LogP contribution in [0, 0.1) is 11.8 Å². The van der Waals surface area contributed by atoms with Crippen LogP contribution in [0.3, 0.4) is 0 Å². The highest BCUT2D eigenvalue weighted by atomic mass is 35.5. The molecule has 3 rings (SSSR count). The van der Waals surface area contributed by atoms with E-state index in [1.165, 1.54) is 12.8 Å². The van der Waals surface area contributed by atoms with Gasteiger partial charge in [-0.1, -0.05) is 25.4 Å². The van der Waals surface area contributed by atoms with E-state index in [9.17, 15) is 4.79 Å². The Morgan fingerprint density at radius 3 is 2.59 bits per heavy atom. The molecule has 0 spiro atoms. The number of carbonyl (C=O) groups is 1. The van der Waals surface area contributed by atoms with Crippen LogP contribution in [-0.2, 0) is 0 Å². The molecule has 0 amide bonds. The highest BCUT2D eigenvalue weighted by Crippen LogP contribution is 2.32. The minimum atomic E-state index is -0.0974. The molecule has 2 heterocycles. The number of rotatable bonds is 6. The largest absolute Gasteiger partial charge is 0.380 e. The van der Waals surface area contributed by atoms with E-state index in [2.05, 4.69) is 34.3 Å². The molecule has 0 bridgehead atoms. The fourth-order valence-electron chi connectivity index (χ4n) is 3.90. The Hall–Kier alpha value is -1.72. The first-order chi connectivity index (χ1) is 12.8. The Morgan fingerprint density at radius 2 is 1.96 bits per heavy atom. The standard InChI is InChI=1S/C21H29ClN4O/c1-13(2)21(27)16-11-23-17-9-10-18(22)25-20(17)19(16)24-15-7-5-14(6-8-15)12-26(3)4/h9-11,13-15H,5-8,12H2,1-4H3,(H,23,24). The molecule has 0 radical (unpaired) electrons. The van der Waals surface area contributed by atoms with Crippen LogP contribution >= 0.6 is 11.6 Å². The molecule has 0 aromatic carbocycles. The Labute approximate surface area is 166 Å². The third-order valence-corrected chi connectivity index (χ3v) is 5.50. The van der Waals surface area contributed by atoms with Gasteiger partial charge in [0.25, 0.3) is 0 Å². The number of Topliss-reactive ketones (excluding diaryl/α,β-unsaturated/α-hetero) is 1. The van der Waals surface area contributed by atoms with Crippen LogP contribution in [-0.4, -0.2) is 47.3 Å². The number of hydrogen-bond acceptors (Lipinski definition) is 5. The molecular weight excluding hydrogens is 360 g/mol. The molecule has 0 saturated heterocycles. The van der Waals surface area contributed by atoms with Crippen molar-refractivity contribution in [1.29, 1.82) is 0 Å². The third-order valence-electron chi connectivity index (χ3n) is 5.29. The lowest BCUT2D eigenvalue weighted by Crippen LogP contribution is -2.31. The predicted molar refractivity (Wildman–Crippen MR) is 112 cm³/mol. The number of hydrogen-bond donors (Lipinski definition) is 1. The van der Waals surface area contributed by atoms with Crippen LogP contribution in [0.2, 0.25) is 5.15 Å². The smallest absolute Gasteiger partial charge is 0.169 e. The number of nitrogens with one attached hydrogen (secondary N) is 1. The minimum Gasteiger partial charge on any atom is -0.380 e. The lowest BCUT2D eigenvalue weighted by molar-refractivity contribution is 0.0940. The highest BCUT2D eigenvalue weighted by Gasteiger charge is 2.25. The summed E-state index contributed by atoms with van der Waals surface area (Å²) in [5.74, 6) is 0.728. The van der Waals surface area contributed by atoms with E-state index in [4.69, 9.17) is 11.6 Å². The van der Waals surface area contributed by atoms with Crippen molar-refractivity contribution in [2.45, 2.75) is 45.6 Å². The first-order valence-corrected chi connectivity index (χ1v) is 10.1. The van der Waals surface area contributed by atoms with E-state index >= 15 is 0 Å². The molecule has 0 unspecified atom stereocenters. The van der Waals surface area contributed by atoms with Gasteiger partial charge in [-0.25, -0.2) is 4.98 Å². The molecule has 1 N–H and O–H groups in total. The lowest BCUT2D eigenvalue weighted by atomic mass is 9.85. The molecule has 1 aliphatic carbocycles. The number of fused-ring (bicyclic) bond motifs is 1. The Kier molecular flexibility index (Phi) is 6.33. The molecule has 1 saturated carbocycles. The second kappa shape index (κ2) is 8.53. The molecule has 1 fully saturated rings. The van der Waals surface area contributed by atoms with Gasteiger partial charge in [-0.05, 0) is 57.8 Å². The SMILES string of the molecule is CC(C)C(=O)c1cnc2ccc(Cl)nc2c1NC1CCC(CN(C)C)CC1. The monoisotopic (exact) mass is 388 g/mol. The molecule has 6 heteroatoms. The van der Waals surface area contributed by atoms with Crippen molar-refractivity contribution in [3.63, 3.8) is 0 Å². The average Bonchev–Trinajstić information content (AvgIpc) is 2.62. The van der Waals surface area contributed by atoms with Gasteiger partial charge in [-0.3, -0.25) is 9.78 Å². The molecule has 146 valence electrons. The molecule has 1 aliphatic rings. The van der Waals surface area contributed by atoms with Gasteiger partial charge in [-0.2, -0.15) is 0 Å². The summed E-state index contributed by atoms with van der Waals surface area (Å²) in [5.41, 5.74) is 2.84. The normalized spacial score (nSPS) is 20.4. The van der Waals surface area contributed by atoms with E-state index in [-0.39, 0.29) is 11.7 Å². The van der Waals surface area contributed by atoms with E-state index < -0.39 is 0 Å². The fraction of sp³-hybridized carbons (Fsp3) is 0.571. The average molecular weight is 389 g/mol. The topological polar surface area (TPSA) is 58.1 Å². The summed E-state index contributed by atoms with van der Waals surface area (Å²) in [6, 6.07) is 3.93. The van der Waals surface area contributed by atoms with E-state index in [1.54, 1.807) is 12.3 Å². The number of halogens is 1. The van der Waals surface area contributed by atoms with Gasteiger partial charge < -0.3 is 10.2 Å². The second-order valence-electron chi connectivity index (χ2n) is 8.19. The lowest BCUT2D eigenvalue weighted by Gasteiger charge is -2.31. The second-order valence-corrected chi connectivity index (χ2v) is 8.58. The van der Waals surface area contributed by atoms with Crippen molar-refractivity contribution >= 4 is 34.1 Å². The molecule has 5 nitrogen and oxygen atoms in total. The van der Waals surface area contributed by atoms with E-state index in [0.29, 0.717) is 22.3 Å². The minimum absolute atomic E-state index is 0.0787. The molecule has 0 atom stereocenters. The quantitative estimate of drug-likeness (QED) is 0.576. The van der Waals surface area contributed by atoms with Crippen LogP contribution in [0.4, 0.5) is 5.69 Å². The van der Waals surface area contributed by atoms with Crippen molar-refractivity contribution in [2.75, 3.05) is 26.0 Å². The van der Waals surface area contributed by atoms with Gasteiger partial charge in [0.05, 0.1) is 16.8 Å². The molecule has 27 heavy (non-hydrogen) atoms. The number of aromatic nitrogens is 2. The Morgan fingerprint density at radius 1 is 1.26 bits per heavy atom. The van der Waals surface area contributed by atoms with Crippen LogP contribution in [0.1, 0.15) is 49.9 Å². The maximum absolute atomic E-state index is 12.8. The zero-order valence-corrected chi connectivity index (χ0v) is 17.4. The predicted octanol–water partition coefficient (Wildman–Crippen LogP) is 4.65. The number of nitrogens with zero attached hydrogens (tertiary/aromatic N) is 3. The fourth-order valence-corrected chi connectivity index (χ4v) is 4.04. The number of ketones is 1. The summed E-state index contributed by atoms with van der Waals surface area (Å²) in [4.78, 5) is 23.9. The van der Waals surface area contributed by atoms with Crippen molar-refractivity contribution < 1.29 is 4.79 Å². The highest BCUT2D eigenvalue weighted by molar-refractivity contribution is 6.30. The maximum atomic E-state index is 12.8. The van der Waals surface area contributed by atoms with Crippen LogP contribution < -0.4 is 5.32 Å². The Bertz CT molecular complexity index is 813. The number of pyridine rings is 2. The molecule has 0 aliphatic heterocycles. The van der Waals surface area contributed by atoms with Gasteiger partial charge in [0.1, 0.15) is 10.7 Å².